The molecule has 0 aromatic heterocycles. The van der Waals surface area contributed by atoms with Crippen LogP contribution in [-0.2, 0) is 0 Å². The second-order valence-corrected chi connectivity index (χ2v) is 4.27. The molecule has 0 atom stereocenters. The van der Waals surface area contributed by atoms with Gasteiger partial charge in [-0.25, -0.2) is 0 Å². The molecule has 0 fully saturated rings. The molecule has 5 nitrogen and oxygen atoms in total. The summed E-state index contributed by atoms with van der Waals surface area (Å²) in [5.74, 6) is 0.385. The Hall–Kier alpha value is -1.75. The highest BCUT2D eigenvalue weighted by molar-refractivity contribution is 5.99. The molecule has 1 amide bonds. The zero-order valence-corrected chi connectivity index (χ0v) is 11.0. The molecule has 0 unspecified atom stereocenters. The van der Waals surface area contributed by atoms with Crippen molar-refractivity contribution in [1.29, 1.82) is 0 Å². The lowest BCUT2D eigenvalue weighted by molar-refractivity contribution is 0.0666. The van der Waals surface area contributed by atoms with Crippen LogP contribution in [0, 0.1) is 0 Å². The van der Waals surface area contributed by atoms with Gasteiger partial charge in [-0.1, -0.05) is 0 Å². The Morgan fingerprint density at radius 3 is 2.67 bits per heavy atom. The number of aliphatic hydroxyl groups is 1. The van der Waals surface area contributed by atoms with E-state index in [2.05, 4.69) is 0 Å². The van der Waals surface area contributed by atoms with Gasteiger partial charge in [0.15, 0.2) is 0 Å². The van der Waals surface area contributed by atoms with Gasteiger partial charge < -0.3 is 20.5 Å². The molecule has 3 N–H and O–H groups in total. The molecule has 100 valence electrons. The number of nitrogens with zero attached hydrogens (tertiary/aromatic N) is 1. The van der Waals surface area contributed by atoms with Gasteiger partial charge in [-0.2, -0.15) is 0 Å². The van der Waals surface area contributed by atoms with Crippen molar-refractivity contribution in [1.82, 2.24) is 4.90 Å². The molecule has 1 aromatic rings. The van der Waals surface area contributed by atoms with E-state index in [0.29, 0.717) is 17.0 Å². The Morgan fingerprint density at radius 2 is 2.17 bits per heavy atom. The quantitative estimate of drug-likeness (QED) is 0.770. The Labute approximate surface area is 107 Å². The molecule has 1 aromatic carbocycles. The number of benzene rings is 1. The van der Waals surface area contributed by atoms with Crippen molar-refractivity contribution >= 4 is 11.6 Å². The number of ether oxygens (including phenoxy) is 1. The summed E-state index contributed by atoms with van der Waals surface area (Å²) >= 11 is 0. The largest absolute Gasteiger partial charge is 0.497 e. The number of anilines is 1. The number of amides is 1. The van der Waals surface area contributed by atoms with Crippen LogP contribution in [0.25, 0.3) is 0 Å². The van der Waals surface area contributed by atoms with Gasteiger partial charge in [-0.05, 0) is 32.0 Å². The molecule has 0 aliphatic rings. The zero-order chi connectivity index (χ0) is 13.7. The Kier molecular flexibility index (Phi) is 4.97. The van der Waals surface area contributed by atoms with Gasteiger partial charge >= 0.3 is 0 Å². The summed E-state index contributed by atoms with van der Waals surface area (Å²) in [4.78, 5) is 13.9. The highest BCUT2D eigenvalue weighted by atomic mass is 16.5. The van der Waals surface area contributed by atoms with E-state index in [0.717, 1.165) is 0 Å². The van der Waals surface area contributed by atoms with E-state index in [9.17, 15) is 4.79 Å². The molecular formula is C13H20N2O3. The molecule has 5 heteroatoms. The number of nitrogens with two attached hydrogens (primary N) is 1. The first-order valence-corrected chi connectivity index (χ1v) is 5.86. The van der Waals surface area contributed by atoms with E-state index >= 15 is 0 Å². The SMILES string of the molecule is COc1ccc(N)c(C(=O)N(CCO)C(C)C)c1. The number of aliphatic hydroxyl groups excluding tert-OH is 1. The zero-order valence-electron chi connectivity index (χ0n) is 11.0. The first-order chi connectivity index (χ1) is 8.51. The minimum atomic E-state index is -0.199. The summed E-state index contributed by atoms with van der Waals surface area (Å²) in [5, 5.41) is 9.00. The molecule has 0 aliphatic carbocycles. The third-order valence-electron chi connectivity index (χ3n) is 2.72. The van der Waals surface area contributed by atoms with Gasteiger partial charge in [-0.15, -0.1) is 0 Å². The first-order valence-electron chi connectivity index (χ1n) is 5.86. The van der Waals surface area contributed by atoms with Crippen LogP contribution in [0.2, 0.25) is 0 Å². The van der Waals surface area contributed by atoms with Crippen molar-refractivity contribution in [3.63, 3.8) is 0 Å². The van der Waals surface area contributed by atoms with Crippen LogP contribution in [0.15, 0.2) is 18.2 Å². The van der Waals surface area contributed by atoms with Crippen LogP contribution in [0.4, 0.5) is 5.69 Å². The highest BCUT2D eigenvalue weighted by Crippen LogP contribution is 2.21. The maximum atomic E-state index is 12.3. The molecule has 0 radical (unpaired) electrons. The minimum Gasteiger partial charge on any atom is -0.497 e. The lowest BCUT2D eigenvalue weighted by Gasteiger charge is -2.26. The third kappa shape index (κ3) is 3.13. The van der Waals surface area contributed by atoms with Gasteiger partial charge in [0.2, 0.25) is 0 Å². The summed E-state index contributed by atoms with van der Waals surface area (Å²) in [7, 11) is 1.54. The lowest BCUT2D eigenvalue weighted by atomic mass is 10.1. The smallest absolute Gasteiger partial charge is 0.256 e. The summed E-state index contributed by atoms with van der Waals surface area (Å²) in [6.45, 7) is 3.99. The normalized spacial score (nSPS) is 10.5. The van der Waals surface area contributed by atoms with Crippen LogP contribution in [-0.4, -0.2) is 42.2 Å². The summed E-state index contributed by atoms with van der Waals surface area (Å²) in [5.41, 5.74) is 6.62. The molecule has 0 spiro atoms. The first kappa shape index (κ1) is 14.3. The molecule has 0 saturated carbocycles. The van der Waals surface area contributed by atoms with Crippen LogP contribution >= 0.6 is 0 Å². The molecule has 0 bridgehead atoms. The Morgan fingerprint density at radius 1 is 1.50 bits per heavy atom. The topological polar surface area (TPSA) is 75.8 Å². The van der Waals surface area contributed by atoms with Crippen LogP contribution in [0.1, 0.15) is 24.2 Å². The maximum Gasteiger partial charge on any atom is 0.256 e. The van der Waals surface area contributed by atoms with Crippen molar-refractivity contribution in [3.05, 3.63) is 23.8 Å². The van der Waals surface area contributed by atoms with Gasteiger partial charge in [0, 0.05) is 18.3 Å². The number of carbonyl (C=O) groups excluding carboxylic acids is 1. The fraction of sp³-hybridized carbons (Fsp3) is 0.462. The Bertz CT molecular complexity index is 419. The van der Waals surface area contributed by atoms with Gasteiger partial charge in [0.05, 0.1) is 19.3 Å². The van der Waals surface area contributed by atoms with E-state index in [4.69, 9.17) is 15.6 Å². The van der Waals surface area contributed by atoms with E-state index < -0.39 is 0 Å². The number of hydrogen-bond donors (Lipinski definition) is 2. The fourth-order valence-corrected chi connectivity index (χ4v) is 1.70. The minimum absolute atomic E-state index is 0.00440. The third-order valence-corrected chi connectivity index (χ3v) is 2.72. The number of rotatable bonds is 5. The second kappa shape index (κ2) is 6.26. The van der Waals surface area contributed by atoms with Crippen molar-refractivity contribution < 1.29 is 14.6 Å². The molecule has 18 heavy (non-hydrogen) atoms. The number of methoxy groups -OCH3 is 1. The summed E-state index contributed by atoms with van der Waals surface area (Å²) in [6.07, 6.45) is 0. The number of hydrogen-bond acceptors (Lipinski definition) is 4. The van der Waals surface area contributed by atoms with E-state index in [-0.39, 0.29) is 25.1 Å². The van der Waals surface area contributed by atoms with E-state index in [1.54, 1.807) is 23.1 Å². The van der Waals surface area contributed by atoms with Crippen molar-refractivity contribution in [3.8, 4) is 5.75 Å². The second-order valence-electron chi connectivity index (χ2n) is 4.27. The molecule has 0 saturated heterocycles. The molecular weight excluding hydrogens is 232 g/mol. The predicted octanol–water partition coefficient (Wildman–Crippen LogP) is 1.12. The molecule has 0 heterocycles. The van der Waals surface area contributed by atoms with E-state index in [1.165, 1.54) is 7.11 Å². The maximum absolute atomic E-state index is 12.3. The summed E-state index contributed by atoms with van der Waals surface area (Å²) < 4.78 is 5.08. The monoisotopic (exact) mass is 252 g/mol. The van der Waals surface area contributed by atoms with Gasteiger partial charge in [-0.3, -0.25) is 4.79 Å². The van der Waals surface area contributed by atoms with Crippen LogP contribution in [0.3, 0.4) is 0 Å². The predicted molar refractivity (Wildman–Crippen MR) is 70.7 cm³/mol. The standard InChI is InChI=1S/C13H20N2O3/c1-9(2)15(6-7-16)13(17)11-8-10(18-3)4-5-12(11)14/h4-5,8-9,16H,6-7,14H2,1-3H3. The van der Waals surface area contributed by atoms with Crippen LogP contribution < -0.4 is 10.5 Å². The fourth-order valence-electron chi connectivity index (χ4n) is 1.70. The summed E-state index contributed by atoms with van der Waals surface area (Å²) in [6, 6.07) is 4.96. The van der Waals surface area contributed by atoms with Crippen molar-refractivity contribution in [2.24, 2.45) is 0 Å². The Balaban J connectivity index is 3.07. The van der Waals surface area contributed by atoms with Crippen LogP contribution in [0.5, 0.6) is 5.75 Å². The molecule has 1 rings (SSSR count). The number of nitrogen functional groups attached to an aromatic ring is 1. The van der Waals surface area contributed by atoms with Gasteiger partial charge in [0.25, 0.3) is 5.91 Å². The average Bonchev–Trinajstić information content (AvgIpc) is 2.35. The number of carbonyl (C=O) groups is 1. The van der Waals surface area contributed by atoms with E-state index in [1.807, 2.05) is 13.8 Å². The average molecular weight is 252 g/mol. The molecule has 0 aliphatic heterocycles. The van der Waals surface area contributed by atoms with Crippen molar-refractivity contribution in [2.45, 2.75) is 19.9 Å². The van der Waals surface area contributed by atoms with Crippen molar-refractivity contribution in [2.75, 3.05) is 26.0 Å². The lowest BCUT2D eigenvalue weighted by Crippen LogP contribution is -2.39. The highest BCUT2D eigenvalue weighted by Gasteiger charge is 2.20. The van der Waals surface area contributed by atoms with Gasteiger partial charge in [0.1, 0.15) is 5.75 Å².